The summed E-state index contributed by atoms with van der Waals surface area (Å²) in [6.45, 7) is 7.62. The van der Waals surface area contributed by atoms with Crippen molar-refractivity contribution in [3.8, 4) is 5.75 Å². The highest BCUT2D eigenvalue weighted by molar-refractivity contribution is 5.98. The summed E-state index contributed by atoms with van der Waals surface area (Å²) in [6.07, 6.45) is 0. The van der Waals surface area contributed by atoms with Crippen molar-refractivity contribution in [2.24, 2.45) is 11.3 Å². The van der Waals surface area contributed by atoms with Gasteiger partial charge in [0.15, 0.2) is 0 Å². The van der Waals surface area contributed by atoms with Crippen LogP contribution in [0.4, 0.5) is 11.4 Å². The fourth-order valence-electron chi connectivity index (χ4n) is 1.72. The van der Waals surface area contributed by atoms with Crippen molar-refractivity contribution in [1.29, 1.82) is 0 Å². The maximum Gasteiger partial charge on any atom is 0.233 e. The van der Waals surface area contributed by atoms with Crippen LogP contribution in [-0.4, -0.2) is 18.4 Å². The van der Waals surface area contributed by atoms with Gasteiger partial charge >= 0.3 is 0 Å². The van der Waals surface area contributed by atoms with Crippen molar-refractivity contribution >= 4 is 23.2 Å². The quantitative estimate of drug-likeness (QED) is 0.872. The molecule has 0 bridgehead atoms. The van der Waals surface area contributed by atoms with E-state index in [2.05, 4.69) is 10.6 Å². The Hall–Kier alpha value is -2.04. The second-order valence-corrected chi connectivity index (χ2v) is 5.98. The van der Waals surface area contributed by atoms with E-state index < -0.39 is 5.41 Å². The van der Waals surface area contributed by atoms with Gasteiger partial charge in [-0.2, -0.15) is 0 Å². The highest BCUT2D eigenvalue weighted by atomic mass is 16.5. The van der Waals surface area contributed by atoms with E-state index in [0.29, 0.717) is 23.7 Å². The van der Waals surface area contributed by atoms with E-state index in [0.717, 1.165) is 0 Å². The Morgan fingerprint density at radius 2 is 2.10 bits per heavy atom. The zero-order valence-electron chi connectivity index (χ0n) is 12.2. The molecule has 0 saturated carbocycles. The summed E-state index contributed by atoms with van der Waals surface area (Å²) in [5, 5.41) is 5.65. The normalized spacial score (nSPS) is 16.8. The minimum atomic E-state index is -0.583. The molecule has 1 aliphatic rings. The molecule has 108 valence electrons. The van der Waals surface area contributed by atoms with Crippen LogP contribution in [0.5, 0.6) is 5.75 Å². The van der Waals surface area contributed by atoms with Crippen LogP contribution in [0.3, 0.4) is 0 Å². The van der Waals surface area contributed by atoms with E-state index in [4.69, 9.17) is 4.74 Å². The molecule has 1 aromatic carbocycles. The van der Waals surface area contributed by atoms with Crippen molar-refractivity contribution in [3.63, 3.8) is 0 Å². The molecule has 0 radical (unpaired) electrons. The van der Waals surface area contributed by atoms with Crippen molar-refractivity contribution in [2.45, 2.75) is 27.7 Å². The van der Waals surface area contributed by atoms with Gasteiger partial charge < -0.3 is 15.4 Å². The SMILES string of the molecule is CC(C)C(=O)Nc1ccc2c(c1)OCC(C)(C)C(=O)N2. The summed E-state index contributed by atoms with van der Waals surface area (Å²) >= 11 is 0. The van der Waals surface area contributed by atoms with Gasteiger partial charge in [0, 0.05) is 17.7 Å². The summed E-state index contributed by atoms with van der Waals surface area (Å²) in [5.74, 6) is 0.358. The highest BCUT2D eigenvalue weighted by Crippen LogP contribution is 2.34. The molecule has 0 saturated heterocycles. The second-order valence-electron chi connectivity index (χ2n) is 5.98. The lowest BCUT2D eigenvalue weighted by molar-refractivity contribution is -0.125. The first-order chi connectivity index (χ1) is 9.29. The van der Waals surface area contributed by atoms with Crippen LogP contribution in [0.15, 0.2) is 18.2 Å². The van der Waals surface area contributed by atoms with Gasteiger partial charge in [0.1, 0.15) is 12.4 Å². The van der Waals surface area contributed by atoms with Crippen LogP contribution in [0.2, 0.25) is 0 Å². The Kier molecular flexibility index (Phi) is 3.70. The number of benzene rings is 1. The monoisotopic (exact) mass is 276 g/mol. The van der Waals surface area contributed by atoms with Gasteiger partial charge in [-0.15, -0.1) is 0 Å². The van der Waals surface area contributed by atoms with Gasteiger partial charge in [-0.25, -0.2) is 0 Å². The van der Waals surface area contributed by atoms with E-state index in [9.17, 15) is 9.59 Å². The van der Waals surface area contributed by atoms with Gasteiger partial charge in [-0.05, 0) is 26.0 Å². The topological polar surface area (TPSA) is 67.4 Å². The number of fused-ring (bicyclic) bond motifs is 1. The number of anilines is 2. The summed E-state index contributed by atoms with van der Waals surface area (Å²) in [6, 6.07) is 5.23. The number of nitrogens with one attached hydrogen (secondary N) is 2. The predicted octanol–water partition coefficient (Wildman–Crippen LogP) is 2.64. The number of ether oxygens (including phenoxy) is 1. The van der Waals surface area contributed by atoms with Crippen LogP contribution in [0.1, 0.15) is 27.7 Å². The summed E-state index contributed by atoms with van der Waals surface area (Å²) in [5.41, 5.74) is 0.708. The summed E-state index contributed by atoms with van der Waals surface area (Å²) < 4.78 is 5.68. The molecular weight excluding hydrogens is 256 g/mol. The van der Waals surface area contributed by atoms with Crippen LogP contribution in [0, 0.1) is 11.3 Å². The van der Waals surface area contributed by atoms with Crippen molar-refractivity contribution in [3.05, 3.63) is 18.2 Å². The number of carbonyl (C=O) groups is 2. The predicted molar refractivity (Wildman–Crippen MR) is 77.8 cm³/mol. The zero-order chi connectivity index (χ0) is 14.9. The van der Waals surface area contributed by atoms with Gasteiger partial charge in [0.2, 0.25) is 11.8 Å². The van der Waals surface area contributed by atoms with Gasteiger partial charge in [-0.3, -0.25) is 9.59 Å². The first kappa shape index (κ1) is 14.4. The minimum absolute atomic E-state index is 0.0528. The van der Waals surface area contributed by atoms with Crippen molar-refractivity contribution in [2.75, 3.05) is 17.2 Å². The lowest BCUT2D eigenvalue weighted by Gasteiger charge is -2.18. The molecule has 5 heteroatoms. The number of rotatable bonds is 2. The Labute approximate surface area is 118 Å². The molecule has 0 aromatic heterocycles. The first-order valence-corrected chi connectivity index (χ1v) is 6.69. The number of carbonyl (C=O) groups excluding carboxylic acids is 2. The van der Waals surface area contributed by atoms with Gasteiger partial charge in [0.25, 0.3) is 0 Å². The fraction of sp³-hybridized carbons (Fsp3) is 0.467. The Bertz CT molecular complexity index is 550. The number of hydrogen-bond acceptors (Lipinski definition) is 3. The van der Waals surface area contributed by atoms with Crippen LogP contribution < -0.4 is 15.4 Å². The Balaban J connectivity index is 2.23. The molecule has 1 heterocycles. The highest BCUT2D eigenvalue weighted by Gasteiger charge is 2.32. The maximum absolute atomic E-state index is 12.0. The van der Waals surface area contributed by atoms with Crippen molar-refractivity contribution in [1.82, 2.24) is 0 Å². The molecule has 5 nitrogen and oxygen atoms in total. The molecule has 2 amide bonds. The van der Waals surface area contributed by atoms with E-state index in [1.54, 1.807) is 18.2 Å². The van der Waals surface area contributed by atoms with Gasteiger partial charge in [0.05, 0.1) is 11.1 Å². The van der Waals surface area contributed by atoms with E-state index >= 15 is 0 Å². The maximum atomic E-state index is 12.0. The molecular formula is C15H20N2O3. The third-order valence-electron chi connectivity index (χ3n) is 3.22. The lowest BCUT2D eigenvalue weighted by Crippen LogP contribution is -2.33. The molecule has 0 unspecified atom stereocenters. The van der Waals surface area contributed by atoms with Crippen LogP contribution in [-0.2, 0) is 9.59 Å². The second kappa shape index (κ2) is 5.15. The van der Waals surface area contributed by atoms with Crippen molar-refractivity contribution < 1.29 is 14.3 Å². The van der Waals surface area contributed by atoms with Crippen LogP contribution >= 0.6 is 0 Å². The molecule has 0 atom stereocenters. The first-order valence-electron chi connectivity index (χ1n) is 6.69. The third kappa shape index (κ3) is 2.92. The fourth-order valence-corrected chi connectivity index (χ4v) is 1.72. The average molecular weight is 276 g/mol. The Morgan fingerprint density at radius 1 is 1.40 bits per heavy atom. The molecule has 0 aliphatic carbocycles. The molecule has 2 rings (SSSR count). The molecule has 20 heavy (non-hydrogen) atoms. The molecule has 1 aliphatic heterocycles. The standard InChI is InChI=1S/C15H20N2O3/c1-9(2)13(18)16-10-5-6-11-12(7-10)20-8-15(3,4)14(19)17-11/h5-7,9H,8H2,1-4H3,(H,16,18)(H,17,19). The smallest absolute Gasteiger partial charge is 0.233 e. The minimum Gasteiger partial charge on any atom is -0.490 e. The molecule has 2 N–H and O–H groups in total. The lowest BCUT2D eigenvalue weighted by atomic mass is 9.94. The van der Waals surface area contributed by atoms with E-state index in [-0.39, 0.29) is 17.7 Å². The number of amides is 2. The molecule has 0 spiro atoms. The summed E-state index contributed by atoms with van der Waals surface area (Å²) in [4.78, 5) is 23.7. The molecule has 0 fully saturated rings. The Morgan fingerprint density at radius 3 is 2.75 bits per heavy atom. The van der Waals surface area contributed by atoms with E-state index in [1.807, 2.05) is 27.7 Å². The largest absolute Gasteiger partial charge is 0.490 e. The van der Waals surface area contributed by atoms with Gasteiger partial charge in [-0.1, -0.05) is 13.8 Å². The van der Waals surface area contributed by atoms with Crippen LogP contribution in [0.25, 0.3) is 0 Å². The third-order valence-corrected chi connectivity index (χ3v) is 3.22. The molecule has 1 aromatic rings. The summed E-state index contributed by atoms with van der Waals surface area (Å²) in [7, 11) is 0. The average Bonchev–Trinajstić information content (AvgIpc) is 2.48. The zero-order valence-corrected chi connectivity index (χ0v) is 12.2. The van der Waals surface area contributed by atoms with E-state index in [1.165, 1.54) is 0 Å². The number of hydrogen-bond donors (Lipinski definition) is 2.